The Balaban J connectivity index is 1.55. The van der Waals surface area contributed by atoms with Gasteiger partial charge in [0.25, 0.3) is 5.91 Å². The molecule has 0 aromatic carbocycles. The number of ether oxygens (including phenoxy) is 1. The van der Waals surface area contributed by atoms with Crippen molar-refractivity contribution >= 4 is 17.9 Å². The quantitative estimate of drug-likeness (QED) is 0.580. The van der Waals surface area contributed by atoms with Gasteiger partial charge in [-0.05, 0) is 44.4 Å². The second-order valence-electron chi connectivity index (χ2n) is 6.09. The molecular formula is C16H24N2O4. The summed E-state index contributed by atoms with van der Waals surface area (Å²) in [4.78, 5) is 34.5. The molecule has 0 bridgehead atoms. The molecule has 2 rings (SSSR count). The predicted molar refractivity (Wildman–Crippen MR) is 80.9 cm³/mol. The molecule has 0 aromatic rings. The SMILES string of the molecule is C[C@H]1C[C@H]1C(=O)OCC(=O)NC(=O)NCCC1=CCCCC1. The first kappa shape index (κ1) is 16.5. The molecule has 6 nitrogen and oxygen atoms in total. The van der Waals surface area contributed by atoms with Gasteiger partial charge in [-0.25, -0.2) is 4.79 Å². The van der Waals surface area contributed by atoms with Crippen molar-refractivity contribution in [3.8, 4) is 0 Å². The van der Waals surface area contributed by atoms with Crippen LogP contribution in [0.25, 0.3) is 0 Å². The molecule has 2 aliphatic carbocycles. The molecular weight excluding hydrogens is 284 g/mol. The fourth-order valence-corrected chi connectivity index (χ4v) is 2.57. The number of amides is 3. The first-order chi connectivity index (χ1) is 10.6. The maximum Gasteiger partial charge on any atom is 0.321 e. The molecule has 0 heterocycles. The van der Waals surface area contributed by atoms with E-state index in [1.807, 2.05) is 6.92 Å². The van der Waals surface area contributed by atoms with Crippen molar-refractivity contribution in [1.29, 1.82) is 0 Å². The summed E-state index contributed by atoms with van der Waals surface area (Å²) >= 11 is 0. The number of imide groups is 1. The highest BCUT2D eigenvalue weighted by Gasteiger charge is 2.40. The normalized spacial score (nSPS) is 23.2. The Kier molecular flexibility index (Phi) is 5.98. The number of nitrogens with one attached hydrogen (secondary N) is 2. The number of allylic oxidation sites excluding steroid dienone is 1. The van der Waals surface area contributed by atoms with Gasteiger partial charge in [-0.1, -0.05) is 18.6 Å². The number of hydrogen-bond acceptors (Lipinski definition) is 4. The average Bonchev–Trinajstić information content (AvgIpc) is 3.23. The van der Waals surface area contributed by atoms with Gasteiger partial charge >= 0.3 is 12.0 Å². The van der Waals surface area contributed by atoms with E-state index in [4.69, 9.17) is 4.74 Å². The molecule has 1 saturated carbocycles. The lowest BCUT2D eigenvalue weighted by molar-refractivity contribution is -0.149. The molecule has 3 amide bonds. The summed E-state index contributed by atoms with van der Waals surface area (Å²) in [5.74, 6) is -0.693. The Bertz CT molecular complexity index is 473. The monoisotopic (exact) mass is 308 g/mol. The van der Waals surface area contributed by atoms with Gasteiger partial charge in [-0.2, -0.15) is 0 Å². The number of urea groups is 1. The summed E-state index contributed by atoms with van der Waals surface area (Å²) in [6.07, 6.45) is 8.52. The molecule has 2 N–H and O–H groups in total. The van der Waals surface area contributed by atoms with E-state index in [1.54, 1.807) is 0 Å². The lowest BCUT2D eigenvalue weighted by atomic mass is 9.97. The Morgan fingerprint density at radius 3 is 2.73 bits per heavy atom. The lowest BCUT2D eigenvalue weighted by Crippen LogP contribution is -2.41. The maximum absolute atomic E-state index is 11.5. The third-order valence-corrected chi connectivity index (χ3v) is 4.13. The van der Waals surface area contributed by atoms with E-state index in [2.05, 4.69) is 16.7 Å². The lowest BCUT2D eigenvalue weighted by Gasteiger charge is -2.13. The van der Waals surface area contributed by atoms with Gasteiger partial charge in [0.05, 0.1) is 5.92 Å². The zero-order valence-electron chi connectivity index (χ0n) is 13.0. The molecule has 0 aliphatic heterocycles. The summed E-state index contributed by atoms with van der Waals surface area (Å²) in [5, 5.41) is 4.80. The summed E-state index contributed by atoms with van der Waals surface area (Å²) in [7, 11) is 0. The van der Waals surface area contributed by atoms with E-state index >= 15 is 0 Å². The van der Waals surface area contributed by atoms with Gasteiger partial charge in [-0.15, -0.1) is 0 Å². The first-order valence-electron chi connectivity index (χ1n) is 7.98. The molecule has 1 fully saturated rings. The fourth-order valence-electron chi connectivity index (χ4n) is 2.57. The highest BCUT2D eigenvalue weighted by molar-refractivity contribution is 5.95. The minimum absolute atomic E-state index is 0.0783. The summed E-state index contributed by atoms with van der Waals surface area (Å²) in [6.45, 7) is 2.06. The minimum atomic E-state index is -0.601. The highest BCUT2D eigenvalue weighted by Crippen LogP contribution is 2.38. The van der Waals surface area contributed by atoms with Crippen molar-refractivity contribution in [2.24, 2.45) is 11.8 Å². The summed E-state index contributed by atoms with van der Waals surface area (Å²) in [5.41, 5.74) is 1.37. The van der Waals surface area contributed by atoms with Crippen LogP contribution in [0.4, 0.5) is 4.79 Å². The van der Waals surface area contributed by atoms with Gasteiger partial charge in [0.15, 0.2) is 6.61 Å². The molecule has 0 radical (unpaired) electrons. The standard InChI is InChI=1S/C16H24N2O4/c1-11-9-13(11)15(20)22-10-14(19)18-16(21)17-8-7-12-5-3-2-4-6-12/h5,11,13H,2-4,6-10H2,1H3,(H2,17,18,19,21)/t11-,13+/m0/s1. The smallest absolute Gasteiger partial charge is 0.321 e. The van der Waals surface area contributed by atoms with Crippen molar-refractivity contribution in [1.82, 2.24) is 10.6 Å². The van der Waals surface area contributed by atoms with Crippen LogP contribution in [0, 0.1) is 11.8 Å². The van der Waals surface area contributed by atoms with Gasteiger partial charge in [-0.3, -0.25) is 14.9 Å². The molecule has 0 unspecified atom stereocenters. The van der Waals surface area contributed by atoms with E-state index in [-0.39, 0.29) is 11.9 Å². The van der Waals surface area contributed by atoms with E-state index in [0.717, 1.165) is 25.7 Å². The molecule has 0 spiro atoms. The topological polar surface area (TPSA) is 84.5 Å². The van der Waals surface area contributed by atoms with Crippen LogP contribution < -0.4 is 10.6 Å². The second-order valence-corrected chi connectivity index (χ2v) is 6.09. The minimum Gasteiger partial charge on any atom is -0.455 e. The third-order valence-electron chi connectivity index (χ3n) is 4.13. The van der Waals surface area contributed by atoms with Crippen LogP contribution in [-0.4, -0.2) is 31.1 Å². The van der Waals surface area contributed by atoms with Gasteiger partial charge in [0, 0.05) is 6.54 Å². The Labute approximate surface area is 130 Å². The number of rotatable bonds is 6. The Morgan fingerprint density at radius 1 is 1.32 bits per heavy atom. The molecule has 122 valence electrons. The average molecular weight is 308 g/mol. The van der Waals surface area contributed by atoms with Crippen molar-refractivity contribution in [2.75, 3.05) is 13.2 Å². The Hall–Kier alpha value is -1.85. The van der Waals surface area contributed by atoms with E-state index in [9.17, 15) is 14.4 Å². The van der Waals surface area contributed by atoms with Gasteiger partial charge in [0.1, 0.15) is 0 Å². The van der Waals surface area contributed by atoms with Crippen LogP contribution in [0.5, 0.6) is 0 Å². The zero-order valence-corrected chi connectivity index (χ0v) is 13.0. The largest absolute Gasteiger partial charge is 0.455 e. The predicted octanol–water partition coefficient (Wildman–Crippen LogP) is 1.90. The van der Waals surface area contributed by atoms with Crippen LogP contribution in [0.2, 0.25) is 0 Å². The van der Waals surface area contributed by atoms with Crippen molar-refractivity contribution < 1.29 is 19.1 Å². The number of carbonyl (C=O) groups excluding carboxylic acids is 3. The van der Waals surface area contributed by atoms with Crippen molar-refractivity contribution in [3.05, 3.63) is 11.6 Å². The first-order valence-corrected chi connectivity index (χ1v) is 7.98. The molecule has 6 heteroatoms. The van der Waals surface area contributed by atoms with Gasteiger partial charge in [0.2, 0.25) is 0 Å². The highest BCUT2D eigenvalue weighted by atomic mass is 16.5. The second kappa shape index (κ2) is 7.96. The van der Waals surface area contributed by atoms with E-state index < -0.39 is 18.5 Å². The molecule has 2 atom stereocenters. The van der Waals surface area contributed by atoms with Crippen LogP contribution in [0.3, 0.4) is 0 Å². The van der Waals surface area contributed by atoms with Crippen LogP contribution >= 0.6 is 0 Å². The molecule has 2 aliphatic rings. The maximum atomic E-state index is 11.5. The third kappa shape index (κ3) is 5.50. The zero-order chi connectivity index (χ0) is 15.9. The summed E-state index contributed by atoms with van der Waals surface area (Å²) < 4.78 is 4.86. The fraction of sp³-hybridized carbons (Fsp3) is 0.688. The van der Waals surface area contributed by atoms with E-state index in [0.29, 0.717) is 12.5 Å². The summed E-state index contributed by atoms with van der Waals surface area (Å²) in [6, 6.07) is -0.544. The van der Waals surface area contributed by atoms with E-state index in [1.165, 1.54) is 18.4 Å². The number of esters is 1. The van der Waals surface area contributed by atoms with Crippen LogP contribution in [0.1, 0.15) is 45.4 Å². The molecule has 0 saturated heterocycles. The molecule has 22 heavy (non-hydrogen) atoms. The van der Waals surface area contributed by atoms with Crippen molar-refractivity contribution in [3.63, 3.8) is 0 Å². The molecule has 0 aromatic heterocycles. The van der Waals surface area contributed by atoms with Crippen molar-refractivity contribution in [2.45, 2.75) is 45.4 Å². The van der Waals surface area contributed by atoms with Crippen LogP contribution in [-0.2, 0) is 14.3 Å². The Morgan fingerprint density at radius 2 is 2.09 bits per heavy atom. The van der Waals surface area contributed by atoms with Crippen LogP contribution in [0.15, 0.2) is 11.6 Å². The number of hydrogen-bond donors (Lipinski definition) is 2. The number of carbonyl (C=O) groups is 3. The van der Waals surface area contributed by atoms with Gasteiger partial charge < -0.3 is 10.1 Å².